The minimum Gasteiger partial charge on any atom is -0.356 e. The van der Waals surface area contributed by atoms with Crippen molar-refractivity contribution in [2.45, 2.75) is 44.4 Å². The highest BCUT2D eigenvalue weighted by Gasteiger charge is 2.46. The summed E-state index contributed by atoms with van der Waals surface area (Å²) in [6.07, 6.45) is 3.96. The van der Waals surface area contributed by atoms with Crippen molar-refractivity contribution in [2.24, 2.45) is 0 Å². The number of ether oxygens (including phenoxy) is 1. The van der Waals surface area contributed by atoms with E-state index in [1.54, 1.807) is 0 Å². The third-order valence-electron chi connectivity index (χ3n) is 3.19. The predicted molar refractivity (Wildman–Crippen MR) is 58.4 cm³/mol. The van der Waals surface area contributed by atoms with Gasteiger partial charge in [0.25, 0.3) is 0 Å². The minimum absolute atomic E-state index is 0.153. The molecule has 15 heavy (non-hydrogen) atoms. The minimum atomic E-state index is -2.88. The second kappa shape index (κ2) is 4.03. The van der Waals surface area contributed by atoms with Crippen molar-refractivity contribution in [1.29, 1.82) is 0 Å². The van der Waals surface area contributed by atoms with E-state index in [9.17, 15) is 8.42 Å². The highest BCUT2D eigenvalue weighted by molar-refractivity contribution is 7.91. The van der Waals surface area contributed by atoms with Crippen LogP contribution in [0.1, 0.15) is 32.6 Å². The normalized spacial score (nSPS) is 39.7. The summed E-state index contributed by atoms with van der Waals surface area (Å²) in [6.45, 7) is 3.00. The van der Waals surface area contributed by atoms with Gasteiger partial charge in [-0.3, -0.25) is 5.32 Å². The lowest BCUT2D eigenvalue weighted by Gasteiger charge is -2.38. The van der Waals surface area contributed by atoms with Crippen LogP contribution in [0.3, 0.4) is 0 Å². The zero-order valence-corrected chi connectivity index (χ0v) is 9.98. The molecule has 2 fully saturated rings. The van der Waals surface area contributed by atoms with Crippen LogP contribution in [0.25, 0.3) is 0 Å². The van der Waals surface area contributed by atoms with Crippen molar-refractivity contribution in [3.63, 3.8) is 0 Å². The van der Waals surface area contributed by atoms with Gasteiger partial charge in [-0.15, -0.1) is 0 Å². The van der Waals surface area contributed by atoms with Crippen LogP contribution < -0.4 is 5.32 Å². The van der Waals surface area contributed by atoms with Crippen LogP contribution in [0.5, 0.6) is 0 Å². The number of hydrogen-bond donors (Lipinski definition) is 1. The molecule has 2 rings (SSSR count). The maximum Gasteiger partial charge on any atom is 0.154 e. The van der Waals surface area contributed by atoms with E-state index in [-0.39, 0.29) is 17.6 Å². The largest absolute Gasteiger partial charge is 0.356 e. The molecule has 0 aromatic heterocycles. The average Bonchev–Trinajstić information content (AvgIpc) is 2.42. The Morgan fingerprint density at radius 3 is 2.93 bits per heavy atom. The van der Waals surface area contributed by atoms with Crippen LogP contribution in [0.15, 0.2) is 0 Å². The Morgan fingerprint density at radius 1 is 1.53 bits per heavy atom. The molecular formula is C10H19NO3S. The molecule has 4 nitrogen and oxygen atoms in total. The van der Waals surface area contributed by atoms with Gasteiger partial charge in [-0.25, -0.2) is 8.42 Å². The zero-order valence-electron chi connectivity index (χ0n) is 9.16. The van der Waals surface area contributed by atoms with E-state index in [1.165, 1.54) is 0 Å². The second-order valence-electron chi connectivity index (χ2n) is 4.58. The van der Waals surface area contributed by atoms with Crippen LogP contribution in [0.2, 0.25) is 0 Å². The topological polar surface area (TPSA) is 55.4 Å². The maximum atomic E-state index is 11.4. The first-order valence-corrected chi connectivity index (χ1v) is 7.51. The number of rotatable bonds is 2. The summed E-state index contributed by atoms with van der Waals surface area (Å²) in [5.74, 6) is 0.416. The van der Waals surface area contributed by atoms with Gasteiger partial charge in [-0.05, 0) is 12.8 Å². The third-order valence-corrected chi connectivity index (χ3v) is 4.92. The number of nitrogens with one attached hydrogen (secondary N) is 1. The van der Waals surface area contributed by atoms with Crippen molar-refractivity contribution in [2.75, 3.05) is 18.1 Å². The summed E-state index contributed by atoms with van der Waals surface area (Å²) in [5, 5.41) is 3.24. The van der Waals surface area contributed by atoms with Gasteiger partial charge in [0, 0.05) is 13.0 Å². The summed E-state index contributed by atoms with van der Waals surface area (Å²) in [4.78, 5) is 0. The summed E-state index contributed by atoms with van der Waals surface area (Å²) in [7, 11) is -2.88. The SMILES string of the molecule is CCCC1CCNC2(CCS(=O)(=O)C2)O1. The molecule has 2 heterocycles. The van der Waals surface area contributed by atoms with E-state index in [0.29, 0.717) is 6.42 Å². The molecule has 2 unspecified atom stereocenters. The molecule has 2 saturated heterocycles. The second-order valence-corrected chi connectivity index (χ2v) is 6.76. The van der Waals surface area contributed by atoms with Crippen LogP contribution in [0.4, 0.5) is 0 Å². The molecule has 1 N–H and O–H groups in total. The highest BCUT2D eigenvalue weighted by Crippen LogP contribution is 2.30. The number of sulfone groups is 1. The van der Waals surface area contributed by atoms with Gasteiger partial charge < -0.3 is 4.74 Å². The van der Waals surface area contributed by atoms with Crippen LogP contribution in [-0.4, -0.2) is 38.3 Å². The molecule has 1 spiro atoms. The van der Waals surface area contributed by atoms with Crippen molar-refractivity contribution in [3.05, 3.63) is 0 Å². The summed E-state index contributed by atoms with van der Waals surface area (Å²) < 4.78 is 28.8. The molecule has 0 aromatic carbocycles. The summed E-state index contributed by atoms with van der Waals surface area (Å²) in [6, 6.07) is 0. The van der Waals surface area contributed by atoms with Crippen LogP contribution in [-0.2, 0) is 14.6 Å². The summed E-state index contributed by atoms with van der Waals surface area (Å²) >= 11 is 0. The van der Waals surface area contributed by atoms with Crippen molar-refractivity contribution >= 4 is 9.84 Å². The Hall–Kier alpha value is -0.130. The first-order chi connectivity index (χ1) is 7.05. The van der Waals surface area contributed by atoms with Gasteiger partial charge in [-0.1, -0.05) is 13.3 Å². The molecule has 0 bridgehead atoms. The average molecular weight is 233 g/mol. The van der Waals surface area contributed by atoms with Crippen molar-refractivity contribution < 1.29 is 13.2 Å². The van der Waals surface area contributed by atoms with Crippen LogP contribution in [0, 0.1) is 0 Å². The third kappa shape index (κ3) is 2.52. The molecule has 5 heteroatoms. The molecule has 0 aromatic rings. The molecule has 2 atom stereocenters. The fourth-order valence-electron chi connectivity index (χ4n) is 2.46. The maximum absolute atomic E-state index is 11.4. The predicted octanol–water partition coefficient (Wildman–Crippen LogP) is 0.680. The first kappa shape index (κ1) is 11.4. The molecule has 0 amide bonds. The Morgan fingerprint density at radius 2 is 2.33 bits per heavy atom. The lowest BCUT2D eigenvalue weighted by molar-refractivity contribution is -0.128. The first-order valence-electron chi connectivity index (χ1n) is 5.68. The fourth-order valence-corrected chi connectivity index (χ4v) is 4.27. The molecule has 0 saturated carbocycles. The highest BCUT2D eigenvalue weighted by atomic mass is 32.2. The Labute approximate surface area is 91.3 Å². The Bertz CT molecular complexity index is 326. The van der Waals surface area contributed by atoms with Gasteiger partial charge in [-0.2, -0.15) is 0 Å². The van der Waals surface area contributed by atoms with Crippen molar-refractivity contribution in [3.8, 4) is 0 Å². The summed E-state index contributed by atoms with van der Waals surface area (Å²) in [5.41, 5.74) is -0.559. The van der Waals surface area contributed by atoms with Gasteiger partial charge in [0.15, 0.2) is 9.84 Å². The lowest BCUT2D eigenvalue weighted by atomic mass is 10.1. The van der Waals surface area contributed by atoms with E-state index >= 15 is 0 Å². The van der Waals surface area contributed by atoms with Crippen molar-refractivity contribution in [1.82, 2.24) is 5.32 Å². The zero-order chi connectivity index (χ0) is 10.9. The van der Waals surface area contributed by atoms with E-state index in [2.05, 4.69) is 12.2 Å². The van der Waals surface area contributed by atoms with E-state index < -0.39 is 15.6 Å². The monoisotopic (exact) mass is 233 g/mol. The Kier molecular flexibility index (Phi) is 3.05. The van der Waals surface area contributed by atoms with Gasteiger partial charge in [0.2, 0.25) is 0 Å². The molecule has 2 aliphatic heterocycles. The van der Waals surface area contributed by atoms with E-state index in [1.807, 2.05) is 0 Å². The molecule has 0 radical (unpaired) electrons. The lowest BCUT2D eigenvalue weighted by Crippen LogP contribution is -2.55. The van der Waals surface area contributed by atoms with Gasteiger partial charge in [0.1, 0.15) is 5.72 Å². The fraction of sp³-hybridized carbons (Fsp3) is 1.00. The molecular weight excluding hydrogens is 214 g/mol. The quantitative estimate of drug-likeness (QED) is 0.762. The molecule has 2 aliphatic rings. The Balaban J connectivity index is 2.03. The standard InChI is InChI=1S/C10H19NO3S/c1-2-3-9-4-6-11-10(14-9)5-7-15(12,13)8-10/h9,11H,2-8H2,1H3. The van der Waals surface area contributed by atoms with Gasteiger partial charge in [0.05, 0.1) is 17.6 Å². The number of hydrogen-bond acceptors (Lipinski definition) is 4. The van der Waals surface area contributed by atoms with E-state index in [0.717, 1.165) is 25.8 Å². The van der Waals surface area contributed by atoms with Crippen LogP contribution >= 0.6 is 0 Å². The van der Waals surface area contributed by atoms with Gasteiger partial charge >= 0.3 is 0 Å². The molecule has 0 aliphatic carbocycles. The smallest absolute Gasteiger partial charge is 0.154 e. The molecule has 88 valence electrons. The van der Waals surface area contributed by atoms with E-state index in [4.69, 9.17) is 4.74 Å².